The van der Waals surface area contributed by atoms with Crippen molar-refractivity contribution in [1.82, 2.24) is 5.32 Å². The molecule has 0 aliphatic carbocycles. The van der Waals surface area contributed by atoms with Crippen molar-refractivity contribution in [2.24, 2.45) is 0 Å². The number of rotatable bonds is 8. The number of nitrogens with one attached hydrogen (secondary N) is 1. The van der Waals surface area contributed by atoms with E-state index in [1.54, 1.807) is 19.2 Å². The van der Waals surface area contributed by atoms with Crippen LogP contribution in [0.1, 0.15) is 24.5 Å². The van der Waals surface area contributed by atoms with Crippen LogP contribution in [0.5, 0.6) is 0 Å². The number of hydrogen-bond acceptors (Lipinski definition) is 3. The number of aliphatic hydroxyl groups is 1. The molecule has 1 rings (SSSR count). The highest BCUT2D eigenvalue weighted by atomic mass is 35.5. The fourth-order valence-electron chi connectivity index (χ4n) is 1.54. The average molecular weight is 258 g/mol. The third-order valence-electron chi connectivity index (χ3n) is 2.54. The number of methoxy groups -OCH3 is 1. The summed E-state index contributed by atoms with van der Waals surface area (Å²) in [6.45, 7) is 2.25. The van der Waals surface area contributed by atoms with Crippen molar-refractivity contribution in [1.29, 1.82) is 0 Å². The summed E-state index contributed by atoms with van der Waals surface area (Å²) >= 11 is 5.78. The van der Waals surface area contributed by atoms with Crippen LogP contribution in [0.25, 0.3) is 0 Å². The second kappa shape index (κ2) is 8.48. The van der Waals surface area contributed by atoms with Gasteiger partial charge >= 0.3 is 0 Å². The minimum atomic E-state index is -0.477. The minimum Gasteiger partial charge on any atom is -0.387 e. The summed E-state index contributed by atoms with van der Waals surface area (Å²) in [6.07, 6.45) is 1.62. The van der Waals surface area contributed by atoms with Crippen LogP contribution in [-0.4, -0.2) is 31.9 Å². The van der Waals surface area contributed by atoms with E-state index in [1.165, 1.54) is 0 Å². The molecule has 0 aliphatic heterocycles. The highest BCUT2D eigenvalue weighted by Gasteiger charge is 2.05. The zero-order chi connectivity index (χ0) is 12.5. The highest BCUT2D eigenvalue weighted by Crippen LogP contribution is 2.15. The van der Waals surface area contributed by atoms with E-state index in [0.717, 1.165) is 31.6 Å². The van der Waals surface area contributed by atoms with Gasteiger partial charge in [0.2, 0.25) is 0 Å². The van der Waals surface area contributed by atoms with Gasteiger partial charge in [0.25, 0.3) is 0 Å². The Labute approximate surface area is 108 Å². The van der Waals surface area contributed by atoms with E-state index in [9.17, 15) is 5.11 Å². The Bertz CT molecular complexity index is 303. The second-order valence-corrected chi connectivity index (χ2v) is 4.41. The van der Waals surface area contributed by atoms with Crippen molar-refractivity contribution in [2.75, 3.05) is 26.8 Å². The van der Waals surface area contributed by atoms with Gasteiger partial charge in [-0.2, -0.15) is 0 Å². The van der Waals surface area contributed by atoms with Crippen LogP contribution < -0.4 is 5.32 Å². The minimum absolute atomic E-state index is 0.477. The van der Waals surface area contributed by atoms with E-state index in [2.05, 4.69) is 5.32 Å². The Kier molecular flexibility index (Phi) is 7.21. The van der Waals surface area contributed by atoms with E-state index in [1.807, 2.05) is 12.1 Å². The van der Waals surface area contributed by atoms with Gasteiger partial charge in [0.05, 0.1) is 6.10 Å². The molecule has 4 heteroatoms. The quantitative estimate of drug-likeness (QED) is 0.703. The standard InChI is InChI=1S/C13H20ClNO2/c1-17-9-3-2-8-15-10-13(16)11-4-6-12(14)7-5-11/h4-7,13,15-16H,2-3,8-10H2,1H3. The molecule has 1 unspecified atom stereocenters. The first-order chi connectivity index (χ1) is 8.24. The molecule has 0 aromatic heterocycles. The molecular weight excluding hydrogens is 238 g/mol. The number of aliphatic hydroxyl groups excluding tert-OH is 1. The van der Waals surface area contributed by atoms with E-state index in [0.29, 0.717) is 11.6 Å². The van der Waals surface area contributed by atoms with Crippen LogP contribution in [0.15, 0.2) is 24.3 Å². The highest BCUT2D eigenvalue weighted by molar-refractivity contribution is 6.30. The van der Waals surface area contributed by atoms with Crippen LogP contribution in [-0.2, 0) is 4.74 Å². The lowest BCUT2D eigenvalue weighted by Crippen LogP contribution is -2.22. The van der Waals surface area contributed by atoms with Crippen LogP contribution in [0, 0.1) is 0 Å². The van der Waals surface area contributed by atoms with Gasteiger partial charge in [-0.05, 0) is 37.1 Å². The summed E-state index contributed by atoms with van der Waals surface area (Å²) in [4.78, 5) is 0. The fourth-order valence-corrected chi connectivity index (χ4v) is 1.66. The molecule has 17 heavy (non-hydrogen) atoms. The zero-order valence-electron chi connectivity index (χ0n) is 10.2. The van der Waals surface area contributed by atoms with E-state index < -0.39 is 6.10 Å². The monoisotopic (exact) mass is 257 g/mol. The third kappa shape index (κ3) is 6.03. The SMILES string of the molecule is COCCCCNCC(O)c1ccc(Cl)cc1. The molecular formula is C13H20ClNO2. The predicted octanol–water partition coefficient (Wildman–Crippen LogP) is 2.39. The molecule has 0 saturated carbocycles. The van der Waals surface area contributed by atoms with Crippen molar-refractivity contribution < 1.29 is 9.84 Å². The maximum absolute atomic E-state index is 9.88. The molecule has 0 radical (unpaired) electrons. The van der Waals surface area contributed by atoms with Gasteiger partial charge in [-0.1, -0.05) is 23.7 Å². The first-order valence-electron chi connectivity index (χ1n) is 5.87. The largest absolute Gasteiger partial charge is 0.387 e. The average Bonchev–Trinajstić information content (AvgIpc) is 2.34. The lowest BCUT2D eigenvalue weighted by molar-refractivity contribution is 0.172. The molecule has 0 saturated heterocycles. The molecule has 0 amide bonds. The molecule has 0 bridgehead atoms. The smallest absolute Gasteiger partial charge is 0.0914 e. The Balaban J connectivity index is 2.16. The van der Waals surface area contributed by atoms with Gasteiger partial charge in [-0.3, -0.25) is 0 Å². The fraction of sp³-hybridized carbons (Fsp3) is 0.538. The van der Waals surface area contributed by atoms with Crippen molar-refractivity contribution in [3.63, 3.8) is 0 Å². The molecule has 0 aliphatic rings. The summed E-state index contributed by atoms with van der Waals surface area (Å²) in [5.41, 5.74) is 0.888. The van der Waals surface area contributed by atoms with E-state index >= 15 is 0 Å². The normalized spacial score (nSPS) is 12.6. The lowest BCUT2D eigenvalue weighted by atomic mass is 10.1. The Morgan fingerprint density at radius 3 is 2.65 bits per heavy atom. The van der Waals surface area contributed by atoms with Gasteiger partial charge in [0.15, 0.2) is 0 Å². The summed E-state index contributed by atoms with van der Waals surface area (Å²) in [5.74, 6) is 0. The van der Waals surface area contributed by atoms with Gasteiger partial charge < -0.3 is 15.2 Å². The Morgan fingerprint density at radius 1 is 1.29 bits per heavy atom. The maximum atomic E-state index is 9.88. The topological polar surface area (TPSA) is 41.5 Å². The van der Waals surface area contributed by atoms with Crippen molar-refractivity contribution in [3.05, 3.63) is 34.9 Å². The van der Waals surface area contributed by atoms with Crippen LogP contribution >= 0.6 is 11.6 Å². The van der Waals surface area contributed by atoms with E-state index in [-0.39, 0.29) is 0 Å². The number of unbranched alkanes of at least 4 members (excludes halogenated alkanes) is 1. The summed E-state index contributed by atoms with van der Waals surface area (Å²) < 4.78 is 4.96. The number of halogens is 1. The molecule has 1 atom stereocenters. The molecule has 0 spiro atoms. The molecule has 3 nitrogen and oxygen atoms in total. The molecule has 0 heterocycles. The van der Waals surface area contributed by atoms with Crippen LogP contribution in [0.4, 0.5) is 0 Å². The first kappa shape index (κ1) is 14.5. The predicted molar refractivity (Wildman–Crippen MR) is 70.4 cm³/mol. The molecule has 1 aromatic carbocycles. The van der Waals surface area contributed by atoms with Gasteiger partial charge in [-0.25, -0.2) is 0 Å². The van der Waals surface area contributed by atoms with Gasteiger partial charge in [0, 0.05) is 25.3 Å². The van der Waals surface area contributed by atoms with Crippen molar-refractivity contribution >= 4 is 11.6 Å². The number of ether oxygens (including phenoxy) is 1. The molecule has 1 aromatic rings. The van der Waals surface area contributed by atoms with Crippen molar-refractivity contribution in [3.8, 4) is 0 Å². The summed E-state index contributed by atoms with van der Waals surface area (Å²) in [7, 11) is 1.71. The van der Waals surface area contributed by atoms with E-state index in [4.69, 9.17) is 16.3 Å². The summed E-state index contributed by atoms with van der Waals surface area (Å²) in [5, 5.41) is 13.8. The maximum Gasteiger partial charge on any atom is 0.0914 e. The number of hydrogen-bond donors (Lipinski definition) is 2. The first-order valence-corrected chi connectivity index (χ1v) is 6.25. The van der Waals surface area contributed by atoms with Crippen molar-refractivity contribution in [2.45, 2.75) is 18.9 Å². The van der Waals surface area contributed by atoms with Crippen LogP contribution in [0.2, 0.25) is 5.02 Å². The molecule has 96 valence electrons. The Morgan fingerprint density at radius 2 is 2.00 bits per heavy atom. The molecule has 2 N–H and O–H groups in total. The van der Waals surface area contributed by atoms with Gasteiger partial charge in [0.1, 0.15) is 0 Å². The second-order valence-electron chi connectivity index (χ2n) is 3.97. The van der Waals surface area contributed by atoms with Gasteiger partial charge in [-0.15, -0.1) is 0 Å². The number of benzene rings is 1. The van der Waals surface area contributed by atoms with Crippen LogP contribution in [0.3, 0.4) is 0 Å². The summed E-state index contributed by atoms with van der Waals surface area (Å²) in [6, 6.07) is 7.27. The lowest BCUT2D eigenvalue weighted by Gasteiger charge is -2.12. The Hall–Kier alpha value is -0.610. The zero-order valence-corrected chi connectivity index (χ0v) is 10.9. The third-order valence-corrected chi connectivity index (χ3v) is 2.80. The molecule has 0 fully saturated rings.